The highest BCUT2D eigenvalue weighted by atomic mass is 16.5. The van der Waals surface area contributed by atoms with E-state index >= 15 is 0 Å². The third-order valence-electron chi connectivity index (χ3n) is 3.06. The van der Waals surface area contributed by atoms with Gasteiger partial charge < -0.3 is 20.1 Å². The number of amides is 1. The number of rotatable bonds is 3. The Balaban J connectivity index is 2.04. The van der Waals surface area contributed by atoms with Gasteiger partial charge in [-0.1, -0.05) is 12.1 Å². The van der Waals surface area contributed by atoms with Crippen LogP contribution in [0.25, 0.3) is 0 Å². The molecule has 108 valence electrons. The first kappa shape index (κ1) is 14.2. The third-order valence-corrected chi connectivity index (χ3v) is 3.06. The molecule has 6 nitrogen and oxygen atoms in total. The fourth-order valence-corrected chi connectivity index (χ4v) is 1.95. The van der Waals surface area contributed by atoms with E-state index in [4.69, 9.17) is 4.74 Å². The summed E-state index contributed by atoms with van der Waals surface area (Å²) < 4.78 is 10.3. The van der Waals surface area contributed by atoms with E-state index in [2.05, 4.69) is 15.4 Å². The number of anilines is 1. The van der Waals surface area contributed by atoms with Gasteiger partial charge in [0.25, 0.3) is 5.91 Å². The zero-order valence-corrected chi connectivity index (χ0v) is 11.7. The third kappa shape index (κ3) is 2.84. The molecule has 0 bridgehead atoms. The van der Waals surface area contributed by atoms with Gasteiger partial charge in [0, 0.05) is 0 Å². The van der Waals surface area contributed by atoms with Crippen molar-refractivity contribution in [3.05, 3.63) is 24.3 Å². The minimum absolute atomic E-state index is 0.347. The van der Waals surface area contributed by atoms with Crippen LogP contribution in [0.4, 0.5) is 5.69 Å². The van der Waals surface area contributed by atoms with Crippen LogP contribution in [-0.4, -0.2) is 37.2 Å². The summed E-state index contributed by atoms with van der Waals surface area (Å²) in [5.74, 6) is -0.243. The summed E-state index contributed by atoms with van der Waals surface area (Å²) in [5.41, 5.74) is -0.240. The number of carbonyl (C=O) groups is 2. The normalized spacial score (nSPS) is 17.2. The topological polar surface area (TPSA) is 76.7 Å². The van der Waals surface area contributed by atoms with E-state index in [1.54, 1.807) is 19.9 Å². The molecule has 0 radical (unpaired) electrons. The van der Waals surface area contributed by atoms with E-state index in [-0.39, 0.29) is 5.91 Å². The van der Waals surface area contributed by atoms with Gasteiger partial charge in [-0.2, -0.15) is 0 Å². The first-order valence-corrected chi connectivity index (χ1v) is 6.34. The number of fused-ring (bicyclic) bond motifs is 1. The highest BCUT2D eigenvalue weighted by Gasteiger charge is 2.35. The quantitative estimate of drug-likeness (QED) is 0.804. The van der Waals surface area contributed by atoms with E-state index in [0.29, 0.717) is 12.3 Å². The summed E-state index contributed by atoms with van der Waals surface area (Å²) in [5, 5.41) is 5.75. The average Bonchev–Trinajstić information content (AvgIpc) is 2.45. The van der Waals surface area contributed by atoms with Gasteiger partial charge in [0.15, 0.2) is 6.10 Å². The Labute approximate surface area is 117 Å². The Morgan fingerprint density at radius 2 is 2.10 bits per heavy atom. The predicted octanol–water partition coefficient (Wildman–Crippen LogP) is 0.927. The van der Waals surface area contributed by atoms with Gasteiger partial charge in [-0.3, -0.25) is 4.79 Å². The van der Waals surface area contributed by atoms with Gasteiger partial charge in [-0.25, -0.2) is 4.79 Å². The molecular formula is C14H18N2O4. The number of nitrogens with one attached hydrogen (secondary N) is 2. The van der Waals surface area contributed by atoms with Gasteiger partial charge in [0.1, 0.15) is 11.3 Å². The maximum atomic E-state index is 12.2. The summed E-state index contributed by atoms with van der Waals surface area (Å²) in [6.07, 6.45) is -0.686. The molecule has 1 atom stereocenters. The lowest BCUT2D eigenvalue weighted by Gasteiger charge is -2.30. The molecule has 1 aromatic rings. The molecule has 0 aliphatic carbocycles. The van der Waals surface area contributed by atoms with Crippen LogP contribution < -0.4 is 15.4 Å². The molecule has 2 rings (SSSR count). The molecule has 0 saturated carbocycles. The lowest BCUT2D eigenvalue weighted by atomic mass is 10.1. The molecule has 1 aliphatic heterocycles. The molecule has 0 fully saturated rings. The van der Waals surface area contributed by atoms with Crippen molar-refractivity contribution < 1.29 is 19.1 Å². The molecule has 20 heavy (non-hydrogen) atoms. The van der Waals surface area contributed by atoms with E-state index in [9.17, 15) is 9.59 Å². The van der Waals surface area contributed by atoms with Crippen LogP contribution in [-0.2, 0) is 14.3 Å². The number of esters is 1. The maximum Gasteiger partial charge on any atom is 0.330 e. The lowest BCUT2D eigenvalue weighted by molar-refractivity contribution is -0.150. The van der Waals surface area contributed by atoms with Gasteiger partial charge in [-0.15, -0.1) is 0 Å². The SMILES string of the molecule is COC(=O)C(C)(C)NC(=O)C1CNc2ccccc2O1. The van der Waals surface area contributed by atoms with Crippen LogP contribution in [0.2, 0.25) is 0 Å². The Morgan fingerprint density at radius 1 is 1.40 bits per heavy atom. The van der Waals surface area contributed by atoms with Gasteiger partial charge in [-0.05, 0) is 26.0 Å². The highest BCUT2D eigenvalue weighted by Crippen LogP contribution is 2.28. The molecule has 1 heterocycles. The van der Waals surface area contributed by atoms with Crippen LogP contribution >= 0.6 is 0 Å². The van der Waals surface area contributed by atoms with Crippen molar-refractivity contribution in [1.82, 2.24) is 5.32 Å². The first-order valence-electron chi connectivity index (χ1n) is 6.34. The van der Waals surface area contributed by atoms with E-state index in [1.807, 2.05) is 18.2 Å². The van der Waals surface area contributed by atoms with E-state index < -0.39 is 17.6 Å². The summed E-state index contributed by atoms with van der Waals surface area (Å²) in [6, 6.07) is 7.38. The number of ether oxygens (including phenoxy) is 2. The molecule has 1 amide bonds. The van der Waals surface area contributed by atoms with Gasteiger partial charge >= 0.3 is 5.97 Å². The Kier molecular flexibility index (Phi) is 3.83. The van der Waals surface area contributed by atoms with Gasteiger partial charge in [0.2, 0.25) is 0 Å². The summed E-state index contributed by atoms with van der Waals surface area (Å²) in [4.78, 5) is 23.7. The highest BCUT2D eigenvalue weighted by molar-refractivity contribution is 5.90. The van der Waals surface area contributed by atoms with Gasteiger partial charge in [0.05, 0.1) is 19.3 Å². The zero-order valence-electron chi connectivity index (χ0n) is 11.7. The van der Waals surface area contributed by atoms with Crippen molar-refractivity contribution >= 4 is 17.6 Å². The largest absolute Gasteiger partial charge is 0.477 e. The zero-order chi connectivity index (χ0) is 14.8. The Bertz CT molecular complexity index is 528. The maximum absolute atomic E-state index is 12.2. The second kappa shape index (κ2) is 5.40. The molecule has 0 saturated heterocycles. The lowest BCUT2D eigenvalue weighted by Crippen LogP contribution is -2.56. The number of benzene rings is 1. The first-order chi connectivity index (χ1) is 9.44. The monoisotopic (exact) mass is 278 g/mol. The van der Waals surface area contributed by atoms with E-state index in [0.717, 1.165) is 5.69 Å². The molecule has 1 aliphatic rings. The molecule has 6 heteroatoms. The summed E-state index contributed by atoms with van der Waals surface area (Å²) >= 11 is 0. The minimum atomic E-state index is -1.09. The van der Waals surface area contributed by atoms with Crippen LogP contribution in [0.3, 0.4) is 0 Å². The Morgan fingerprint density at radius 3 is 2.80 bits per heavy atom. The number of hydrogen-bond acceptors (Lipinski definition) is 5. The van der Waals surface area contributed by atoms with Crippen molar-refractivity contribution in [1.29, 1.82) is 0 Å². The van der Waals surface area contributed by atoms with Crippen molar-refractivity contribution in [3.8, 4) is 5.75 Å². The molecule has 2 N–H and O–H groups in total. The number of hydrogen-bond donors (Lipinski definition) is 2. The standard InChI is InChI=1S/C14H18N2O4/c1-14(2,13(18)19-3)16-12(17)11-8-15-9-6-4-5-7-10(9)20-11/h4-7,11,15H,8H2,1-3H3,(H,16,17). The van der Waals surface area contributed by atoms with Crippen molar-refractivity contribution in [3.63, 3.8) is 0 Å². The minimum Gasteiger partial charge on any atom is -0.477 e. The fraction of sp³-hybridized carbons (Fsp3) is 0.429. The molecule has 1 aromatic carbocycles. The summed E-state index contributed by atoms with van der Waals surface area (Å²) in [7, 11) is 1.28. The van der Waals surface area contributed by atoms with Crippen LogP contribution in [0.5, 0.6) is 5.75 Å². The van der Waals surface area contributed by atoms with Crippen molar-refractivity contribution in [2.45, 2.75) is 25.5 Å². The smallest absolute Gasteiger partial charge is 0.330 e. The summed E-state index contributed by atoms with van der Waals surface area (Å²) in [6.45, 7) is 3.52. The number of carbonyl (C=O) groups excluding carboxylic acids is 2. The number of methoxy groups -OCH3 is 1. The number of para-hydroxylation sites is 2. The molecular weight excluding hydrogens is 260 g/mol. The second-order valence-electron chi connectivity index (χ2n) is 5.09. The fourth-order valence-electron chi connectivity index (χ4n) is 1.95. The average molecular weight is 278 g/mol. The van der Waals surface area contributed by atoms with Crippen molar-refractivity contribution in [2.24, 2.45) is 0 Å². The van der Waals surface area contributed by atoms with Crippen LogP contribution in [0.15, 0.2) is 24.3 Å². The van der Waals surface area contributed by atoms with Crippen LogP contribution in [0.1, 0.15) is 13.8 Å². The van der Waals surface area contributed by atoms with Crippen LogP contribution in [0, 0.1) is 0 Å². The van der Waals surface area contributed by atoms with E-state index in [1.165, 1.54) is 7.11 Å². The Hall–Kier alpha value is -2.24. The molecule has 1 unspecified atom stereocenters. The molecule has 0 spiro atoms. The second-order valence-corrected chi connectivity index (χ2v) is 5.09. The van der Waals surface area contributed by atoms with Crippen molar-refractivity contribution in [2.75, 3.05) is 19.0 Å². The predicted molar refractivity (Wildman–Crippen MR) is 73.6 cm³/mol. The molecule has 0 aromatic heterocycles.